The predicted molar refractivity (Wildman–Crippen MR) is 109 cm³/mol. The Hall–Kier alpha value is -2.12. The molecule has 0 radical (unpaired) electrons. The lowest BCUT2D eigenvalue weighted by molar-refractivity contribution is -0.115. The summed E-state index contributed by atoms with van der Waals surface area (Å²) in [7, 11) is 0. The molecule has 1 unspecified atom stereocenters. The van der Waals surface area contributed by atoms with Crippen molar-refractivity contribution in [2.45, 2.75) is 30.8 Å². The smallest absolute Gasteiger partial charge is 0.237 e. The molecule has 0 fully saturated rings. The molecule has 7 heteroatoms. The van der Waals surface area contributed by atoms with Crippen molar-refractivity contribution in [1.82, 2.24) is 14.8 Å². The molecule has 1 amide bonds. The number of amides is 1. The largest absolute Gasteiger partial charge is 0.325 e. The maximum atomic E-state index is 12.5. The van der Waals surface area contributed by atoms with Crippen LogP contribution in [0.25, 0.3) is 11.4 Å². The first-order chi connectivity index (χ1) is 12.6. The highest BCUT2D eigenvalue weighted by atomic mass is 79.9. The Kier molecular flexibility index (Phi) is 6.11. The van der Waals surface area contributed by atoms with Crippen LogP contribution in [-0.4, -0.2) is 25.9 Å². The zero-order valence-corrected chi connectivity index (χ0v) is 16.9. The second kappa shape index (κ2) is 8.51. The molecule has 26 heavy (non-hydrogen) atoms. The maximum Gasteiger partial charge on any atom is 0.237 e. The van der Waals surface area contributed by atoms with Gasteiger partial charge in [0.2, 0.25) is 5.91 Å². The first kappa shape index (κ1) is 18.7. The first-order valence-electron chi connectivity index (χ1n) is 8.30. The number of halogens is 1. The summed E-state index contributed by atoms with van der Waals surface area (Å²) in [6.45, 7) is 4.66. The van der Waals surface area contributed by atoms with Crippen LogP contribution in [0.1, 0.15) is 13.8 Å². The topological polar surface area (TPSA) is 59.8 Å². The predicted octanol–water partition coefficient (Wildman–Crippen LogP) is 4.85. The lowest BCUT2D eigenvalue weighted by Gasteiger charge is -2.13. The van der Waals surface area contributed by atoms with E-state index in [0.29, 0.717) is 0 Å². The third-order valence-corrected chi connectivity index (χ3v) is 5.44. The SMILES string of the molecule is CCn1c(SC(C)C(=O)Nc2ccc(Br)cc2)nnc1-c1ccccc1. The fourth-order valence-electron chi connectivity index (χ4n) is 2.45. The first-order valence-corrected chi connectivity index (χ1v) is 9.97. The summed E-state index contributed by atoms with van der Waals surface area (Å²) in [5, 5.41) is 12.0. The van der Waals surface area contributed by atoms with Gasteiger partial charge in [-0.05, 0) is 38.1 Å². The highest BCUT2D eigenvalue weighted by Crippen LogP contribution is 2.27. The summed E-state index contributed by atoms with van der Waals surface area (Å²) in [5.74, 6) is 0.750. The van der Waals surface area contributed by atoms with Gasteiger partial charge in [-0.1, -0.05) is 58.0 Å². The zero-order valence-electron chi connectivity index (χ0n) is 14.5. The third kappa shape index (κ3) is 4.34. The highest BCUT2D eigenvalue weighted by Gasteiger charge is 2.20. The van der Waals surface area contributed by atoms with Gasteiger partial charge in [-0.15, -0.1) is 10.2 Å². The summed E-state index contributed by atoms with van der Waals surface area (Å²) in [6.07, 6.45) is 0. The van der Waals surface area contributed by atoms with Crippen LogP contribution in [0.4, 0.5) is 5.69 Å². The van der Waals surface area contributed by atoms with Gasteiger partial charge in [-0.25, -0.2) is 0 Å². The van der Waals surface area contributed by atoms with Gasteiger partial charge < -0.3 is 9.88 Å². The van der Waals surface area contributed by atoms with Crippen molar-refractivity contribution >= 4 is 39.3 Å². The lowest BCUT2D eigenvalue weighted by Crippen LogP contribution is -2.22. The summed E-state index contributed by atoms with van der Waals surface area (Å²) < 4.78 is 3.01. The van der Waals surface area contributed by atoms with Crippen LogP contribution in [0.5, 0.6) is 0 Å². The van der Waals surface area contributed by atoms with Gasteiger partial charge in [0.25, 0.3) is 0 Å². The molecule has 0 spiro atoms. The molecule has 0 aliphatic heterocycles. The van der Waals surface area contributed by atoms with Crippen LogP contribution in [0.3, 0.4) is 0 Å². The van der Waals surface area contributed by atoms with E-state index in [9.17, 15) is 4.79 Å². The Morgan fingerprint density at radius 2 is 1.85 bits per heavy atom. The van der Waals surface area contributed by atoms with Crippen LogP contribution >= 0.6 is 27.7 Å². The quantitative estimate of drug-likeness (QED) is 0.567. The normalized spacial score (nSPS) is 12.0. The van der Waals surface area contributed by atoms with E-state index < -0.39 is 0 Å². The Balaban J connectivity index is 1.73. The minimum Gasteiger partial charge on any atom is -0.325 e. The molecule has 1 heterocycles. The van der Waals surface area contributed by atoms with Gasteiger partial charge in [0.15, 0.2) is 11.0 Å². The molecule has 1 aromatic heterocycles. The number of carbonyl (C=O) groups is 1. The van der Waals surface area contributed by atoms with E-state index in [1.54, 1.807) is 0 Å². The summed E-state index contributed by atoms with van der Waals surface area (Å²) in [4.78, 5) is 12.5. The van der Waals surface area contributed by atoms with E-state index in [1.807, 2.05) is 73.0 Å². The van der Waals surface area contributed by atoms with Gasteiger partial charge in [0.1, 0.15) is 0 Å². The average molecular weight is 431 g/mol. The maximum absolute atomic E-state index is 12.5. The van der Waals surface area contributed by atoms with Crippen LogP contribution in [0.15, 0.2) is 64.2 Å². The summed E-state index contributed by atoms with van der Waals surface area (Å²) in [5.41, 5.74) is 1.79. The number of hydrogen-bond acceptors (Lipinski definition) is 4. The molecule has 134 valence electrons. The Morgan fingerprint density at radius 3 is 2.50 bits per heavy atom. The number of anilines is 1. The van der Waals surface area contributed by atoms with Gasteiger partial charge in [-0.3, -0.25) is 4.79 Å². The molecule has 0 aliphatic carbocycles. The van der Waals surface area contributed by atoms with Crippen LogP contribution < -0.4 is 5.32 Å². The number of rotatable bonds is 6. The van der Waals surface area contributed by atoms with E-state index >= 15 is 0 Å². The second-order valence-electron chi connectivity index (χ2n) is 5.67. The van der Waals surface area contributed by atoms with Gasteiger partial charge in [0, 0.05) is 22.3 Å². The number of carbonyl (C=O) groups excluding carboxylic acids is 1. The molecule has 5 nitrogen and oxygen atoms in total. The van der Waals surface area contributed by atoms with Crippen LogP contribution in [0, 0.1) is 0 Å². The number of hydrogen-bond donors (Lipinski definition) is 1. The monoisotopic (exact) mass is 430 g/mol. The number of benzene rings is 2. The molecule has 2 aromatic carbocycles. The molecule has 0 bridgehead atoms. The molecular weight excluding hydrogens is 412 g/mol. The Morgan fingerprint density at radius 1 is 1.15 bits per heavy atom. The molecule has 1 N–H and O–H groups in total. The van der Waals surface area contributed by atoms with Crippen molar-refractivity contribution < 1.29 is 4.79 Å². The molecule has 1 atom stereocenters. The van der Waals surface area contributed by atoms with Gasteiger partial charge >= 0.3 is 0 Å². The highest BCUT2D eigenvalue weighted by molar-refractivity contribution is 9.10. The van der Waals surface area contributed by atoms with Crippen molar-refractivity contribution in [3.8, 4) is 11.4 Å². The van der Waals surface area contributed by atoms with Gasteiger partial charge in [0.05, 0.1) is 5.25 Å². The van der Waals surface area contributed by atoms with Crippen molar-refractivity contribution in [1.29, 1.82) is 0 Å². The fourth-order valence-corrected chi connectivity index (χ4v) is 3.63. The molecule has 0 saturated carbocycles. The summed E-state index contributed by atoms with van der Waals surface area (Å²) in [6, 6.07) is 17.5. The Bertz CT molecular complexity index is 880. The minimum absolute atomic E-state index is 0.0655. The third-order valence-electron chi connectivity index (χ3n) is 3.83. The molecule has 0 aliphatic rings. The summed E-state index contributed by atoms with van der Waals surface area (Å²) >= 11 is 4.80. The van der Waals surface area contributed by atoms with Gasteiger partial charge in [-0.2, -0.15) is 0 Å². The zero-order chi connectivity index (χ0) is 18.5. The van der Waals surface area contributed by atoms with E-state index in [0.717, 1.165) is 33.2 Å². The number of nitrogens with zero attached hydrogens (tertiary/aromatic N) is 3. The standard InChI is InChI=1S/C19H19BrN4OS/c1-3-24-17(14-7-5-4-6-8-14)22-23-19(24)26-13(2)18(25)21-16-11-9-15(20)10-12-16/h4-13H,3H2,1-2H3,(H,21,25). The lowest BCUT2D eigenvalue weighted by atomic mass is 10.2. The van der Waals surface area contributed by atoms with Crippen molar-refractivity contribution in [3.05, 3.63) is 59.1 Å². The Labute approximate surface area is 165 Å². The molecular formula is C19H19BrN4OS. The molecule has 3 aromatic rings. The number of nitrogens with one attached hydrogen (secondary N) is 1. The van der Waals surface area contributed by atoms with E-state index in [1.165, 1.54) is 11.8 Å². The number of thioether (sulfide) groups is 1. The number of aromatic nitrogens is 3. The van der Waals surface area contributed by atoms with Crippen LogP contribution in [0.2, 0.25) is 0 Å². The molecule has 0 saturated heterocycles. The van der Waals surface area contributed by atoms with Crippen LogP contribution in [-0.2, 0) is 11.3 Å². The molecule has 3 rings (SSSR count). The van der Waals surface area contributed by atoms with E-state index in [2.05, 4.69) is 31.4 Å². The second-order valence-corrected chi connectivity index (χ2v) is 7.90. The fraction of sp³-hybridized carbons (Fsp3) is 0.211. The van der Waals surface area contributed by atoms with Crippen molar-refractivity contribution in [3.63, 3.8) is 0 Å². The van der Waals surface area contributed by atoms with Crippen molar-refractivity contribution in [2.24, 2.45) is 0 Å². The van der Waals surface area contributed by atoms with Crippen molar-refractivity contribution in [2.75, 3.05) is 5.32 Å². The van der Waals surface area contributed by atoms with E-state index in [4.69, 9.17) is 0 Å². The minimum atomic E-state index is -0.295. The van der Waals surface area contributed by atoms with E-state index in [-0.39, 0.29) is 11.2 Å². The average Bonchev–Trinajstić information content (AvgIpc) is 3.06.